The van der Waals surface area contributed by atoms with Crippen molar-refractivity contribution < 1.29 is 28.5 Å². The Hall–Kier alpha value is -3.28. The van der Waals surface area contributed by atoms with Crippen LogP contribution in [0.4, 0.5) is 0 Å². The van der Waals surface area contributed by atoms with Crippen molar-refractivity contribution in [2.24, 2.45) is 0 Å². The monoisotopic (exact) mass is 643 g/mol. The largest absolute Gasteiger partial charge is 0.478 e. The third kappa shape index (κ3) is 6.78. The van der Waals surface area contributed by atoms with E-state index in [2.05, 4.69) is 10.2 Å². The number of benzene rings is 3. The Bertz CT molecular complexity index is 1570. The Labute approximate surface area is 262 Å². The molecule has 2 aliphatic rings. The molecule has 12 heteroatoms. The van der Waals surface area contributed by atoms with Gasteiger partial charge < -0.3 is 10.0 Å². The number of carbonyl (C=O) groups excluding carboxylic acids is 2. The van der Waals surface area contributed by atoms with Gasteiger partial charge in [-0.25, -0.2) is 19.2 Å². The second-order valence-corrected chi connectivity index (χ2v) is 12.7. The molecule has 3 aromatic rings. The second kappa shape index (κ2) is 13.6. The molecule has 226 valence electrons. The van der Waals surface area contributed by atoms with E-state index in [-0.39, 0.29) is 30.2 Å². The van der Waals surface area contributed by atoms with Crippen molar-refractivity contribution in [3.05, 3.63) is 105 Å². The molecule has 0 radical (unpaired) electrons. The number of nitrogens with one attached hydrogen (secondary N) is 2. The number of hydroxylamine groups is 1. The number of hydrogen-bond donors (Lipinski definition) is 3. The van der Waals surface area contributed by atoms with Crippen LogP contribution >= 0.6 is 23.2 Å². The van der Waals surface area contributed by atoms with E-state index in [1.54, 1.807) is 65.8 Å². The van der Waals surface area contributed by atoms with Crippen molar-refractivity contribution >= 4 is 52.0 Å². The van der Waals surface area contributed by atoms with E-state index in [1.165, 1.54) is 12.1 Å². The maximum absolute atomic E-state index is 14.3. The highest BCUT2D eigenvalue weighted by molar-refractivity contribution is 7.82. The lowest BCUT2D eigenvalue weighted by atomic mass is 9.76. The number of hydrogen-bond acceptors (Lipinski definition) is 5. The summed E-state index contributed by atoms with van der Waals surface area (Å²) >= 11 is 13.0. The molecule has 5 rings (SSSR count). The zero-order valence-corrected chi connectivity index (χ0v) is 25.6. The van der Waals surface area contributed by atoms with Crippen LogP contribution in [0, 0.1) is 0 Å². The van der Waals surface area contributed by atoms with Crippen molar-refractivity contribution in [3.8, 4) is 0 Å². The number of rotatable bonds is 9. The molecule has 1 aliphatic heterocycles. The molecule has 9 nitrogen and oxygen atoms in total. The molecule has 0 bridgehead atoms. The van der Waals surface area contributed by atoms with Crippen molar-refractivity contribution in [2.75, 3.05) is 6.26 Å². The molecule has 43 heavy (non-hydrogen) atoms. The van der Waals surface area contributed by atoms with Gasteiger partial charge in [-0.05, 0) is 59.9 Å². The highest BCUT2D eigenvalue weighted by atomic mass is 35.5. The lowest BCUT2D eigenvalue weighted by Crippen LogP contribution is -2.58. The predicted molar refractivity (Wildman–Crippen MR) is 164 cm³/mol. The van der Waals surface area contributed by atoms with Gasteiger partial charge in [-0.1, -0.05) is 72.4 Å². The first-order valence-electron chi connectivity index (χ1n) is 13.9. The van der Waals surface area contributed by atoms with Gasteiger partial charge in [0, 0.05) is 33.9 Å². The molecule has 0 saturated heterocycles. The van der Waals surface area contributed by atoms with Crippen LogP contribution in [0.5, 0.6) is 0 Å². The number of aromatic carboxylic acids is 1. The van der Waals surface area contributed by atoms with Gasteiger partial charge in [-0.3, -0.25) is 14.4 Å². The summed E-state index contributed by atoms with van der Waals surface area (Å²) in [6.07, 6.45) is 4.70. The lowest BCUT2D eigenvalue weighted by Gasteiger charge is -2.49. The fourth-order valence-corrected chi connectivity index (χ4v) is 7.34. The lowest BCUT2D eigenvalue weighted by molar-refractivity contribution is -0.138. The number of nitrogens with zero attached hydrogens (tertiary/aromatic N) is 1. The molecule has 3 aromatic carbocycles. The van der Waals surface area contributed by atoms with Crippen LogP contribution in [-0.2, 0) is 27.2 Å². The molecule has 1 heterocycles. The summed E-state index contributed by atoms with van der Waals surface area (Å²) in [6, 6.07) is 16.7. The summed E-state index contributed by atoms with van der Waals surface area (Å²) < 4.78 is 15.4. The maximum atomic E-state index is 14.3. The number of fused-ring (bicyclic) bond motifs is 1. The van der Waals surface area contributed by atoms with E-state index in [0.29, 0.717) is 45.1 Å². The third-order valence-corrected chi connectivity index (χ3v) is 9.13. The SMILES string of the molecule is CS(=O)N[C@H]1CCCC[C@@H]1N1C(=O)c2ccccc2[C@@H](C(=O)NOCc2cccc(C(=O)O)c2)[C@@H]1c1ccc(Cl)cc1Cl. The quantitative estimate of drug-likeness (QED) is 0.268. The van der Waals surface area contributed by atoms with E-state index in [4.69, 9.17) is 28.0 Å². The molecular weight excluding hydrogens is 613 g/mol. The molecule has 2 amide bonds. The summed E-state index contributed by atoms with van der Waals surface area (Å²) in [5, 5.41) is 10.0. The van der Waals surface area contributed by atoms with E-state index < -0.39 is 34.8 Å². The molecule has 5 atom stereocenters. The van der Waals surface area contributed by atoms with Crippen LogP contribution in [0.15, 0.2) is 66.7 Å². The summed E-state index contributed by atoms with van der Waals surface area (Å²) in [6.45, 7) is -0.0762. The summed E-state index contributed by atoms with van der Waals surface area (Å²) in [5.74, 6) is -2.75. The van der Waals surface area contributed by atoms with E-state index in [1.807, 2.05) is 0 Å². The Morgan fingerprint density at radius 1 is 1.02 bits per heavy atom. The number of carboxylic acids is 1. The average Bonchev–Trinajstić information content (AvgIpc) is 2.97. The molecule has 1 saturated carbocycles. The van der Waals surface area contributed by atoms with Crippen LogP contribution in [0.1, 0.15) is 75.0 Å². The van der Waals surface area contributed by atoms with Crippen molar-refractivity contribution in [2.45, 2.75) is 56.3 Å². The molecule has 1 aliphatic carbocycles. The summed E-state index contributed by atoms with van der Waals surface area (Å²) in [7, 11) is -1.32. The molecule has 1 unspecified atom stereocenters. The molecular formula is C31H31Cl2N3O6S. The highest BCUT2D eigenvalue weighted by Crippen LogP contribution is 2.47. The third-order valence-electron chi connectivity index (χ3n) is 7.93. The molecule has 0 aromatic heterocycles. The number of carbonyl (C=O) groups is 3. The first kappa shape index (κ1) is 31.2. The number of amides is 2. The topological polar surface area (TPSA) is 125 Å². The van der Waals surface area contributed by atoms with Gasteiger partial charge in [0.05, 0.1) is 35.1 Å². The van der Waals surface area contributed by atoms with Gasteiger partial charge >= 0.3 is 5.97 Å². The zero-order valence-electron chi connectivity index (χ0n) is 23.3. The Kier molecular flexibility index (Phi) is 9.83. The number of halogens is 2. The molecule has 3 N–H and O–H groups in total. The molecule has 0 spiro atoms. The van der Waals surface area contributed by atoms with Crippen LogP contribution in [0.2, 0.25) is 10.0 Å². The van der Waals surface area contributed by atoms with Crippen molar-refractivity contribution in [1.82, 2.24) is 15.1 Å². The van der Waals surface area contributed by atoms with Gasteiger partial charge in [-0.2, -0.15) is 0 Å². The fourth-order valence-electron chi connectivity index (χ4n) is 6.11. The summed E-state index contributed by atoms with van der Waals surface area (Å²) in [5.41, 5.74) is 4.66. The Morgan fingerprint density at radius 2 is 1.79 bits per heavy atom. The first-order valence-corrected chi connectivity index (χ1v) is 16.2. The van der Waals surface area contributed by atoms with E-state index >= 15 is 0 Å². The second-order valence-electron chi connectivity index (χ2n) is 10.7. The van der Waals surface area contributed by atoms with Gasteiger partial charge in [0.2, 0.25) is 0 Å². The van der Waals surface area contributed by atoms with E-state index in [9.17, 15) is 23.7 Å². The van der Waals surface area contributed by atoms with Gasteiger partial charge in [0.1, 0.15) is 0 Å². The van der Waals surface area contributed by atoms with Crippen LogP contribution in [0.3, 0.4) is 0 Å². The van der Waals surface area contributed by atoms with Gasteiger partial charge in [-0.15, -0.1) is 0 Å². The molecule has 1 fully saturated rings. The Balaban J connectivity index is 1.55. The highest BCUT2D eigenvalue weighted by Gasteiger charge is 2.49. The van der Waals surface area contributed by atoms with Crippen molar-refractivity contribution in [1.29, 1.82) is 0 Å². The van der Waals surface area contributed by atoms with Crippen LogP contribution in [-0.4, -0.2) is 50.3 Å². The summed E-state index contributed by atoms with van der Waals surface area (Å²) in [4.78, 5) is 47.1. The van der Waals surface area contributed by atoms with Gasteiger partial charge in [0.15, 0.2) is 0 Å². The number of carboxylic acid groups (broad SMARTS) is 1. The van der Waals surface area contributed by atoms with Crippen LogP contribution in [0.25, 0.3) is 0 Å². The zero-order chi connectivity index (χ0) is 30.7. The smallest absolute Gasteiger partial charge is 0.335 e. The minimum absolute atomic E-state index is 0.0762. The predicted octanol–water partition coefficient (Wildman–Crippen LogP) is 5.41. The van der Waals surface area contributed by atoms with Crippen LogP contribution < -0.4 is 10.2 Å². The standard InChI is InChI=1S/C31H31Cl2N3O6S/c1-43(41)35-25-11-4-5-12-26(25)36-28(23-14-13-20(32)16-24(23)33)27(21-9-2-3-10-22(21)30(36)38)29(37)34-42-17-18-7-6-8-19(15-18)31(39)40/h2-3,6-10,13-16,25-28,35H,4-5,11-12,17H2,1H3,(H,34,37)(H,39,40)/t25-,26-,27+,28-,43?/m0/s1. The maximum Gasteiger partial charge on any atom is 0.335 e. The minimum Gasteiger partial charge on any atom is -0.478 e. The van der Waals surface area contributed by atoms with Gasteiger partial charge in [0.25, 0.3) is 11.8 Å². The van der Waals surface area contributed by atoms with E-state index in [0.717, 1.165) is 12.8 Å². The normalized spacial score (nSPS) is 22.5. The fraction of sp³-hybridized carbons (Fsp3) is 0.323. The average molecular weight is 645 g/mol. The minimum atomic E-state index is -1.32. The Morgan fingerprint density at radius 3 is 2.53 bits per heavy atom. The van der Waals surface area contributed by atoms with Crippen molar-refractivity contribution in [3.63, 3.8) is 0 Å². The first-order chi connectivity index (χ1) is 20.7.